The average Bonchev–Trinajstić information content (AvgIpc) is 2.48. The van der Waals surface area contributed by atoms with Crippen LogP contribution in [0.2, 0.25) is 5.02 Å². The molecule has 4 heteroatoms. The van der Waals surface area contributed by atoms with E-state index in [2.05, 4.69) is 4.98 Å². The number of halogens is 1. The molecule has 2 N–H and O–H groups in total. The molecule has 13 heavy (non-hydrogen) atoms. The topological polar surface area (TPSA) is 52.0 Å². The van der Waals surface area contributed by atoms with Crippen molar-refractivity contribution in [2.75, 3.05) is 0 Å². The lowest BCUT2D eigenvalue weighted by Gasteiger charge is -1.93. The molecule has 0 aliphatic heterocycles. The van der Waals surface area contributed by atoms with Gasteiger partial charge in [-0.1, -0.05) is 11.6 Å². The normalized spacial score (nSPS) is 11.0. The molecule has 0 saturated carbocycles. The van der Waals surface area contributed by atoms with Crippen LogP contribution in [0, 0.1) is 6.92 Å². The zero-order valence-electron chi connectivity index (χ0n) is 7.17. The van der Waals surface area contributed by atoms with E-state index < -0.39 is 0 Å². The molecule has 0 radical (unpaired) electrons. The largest absolute Gasteiger partial charge is 0.439 e. The monoisotopic (exact) mass is 196 g/mol. The number of benzene rings is 1. The van der Waals surface area contributed by atoms with Crippen LogP contribution in [0.5, 0.6) is 0 Å². The summed E-state index contributed by atoms with van der Waals surface area (Å²) in [5.74, 6) is 0.539. The molecule has 0 saturated heterocycles. The van der Waals surface area contributed by atoms with Crippen LogP contribution in [0.25, 0.3) is 11.1 Å². The zero-order valence-corrected chi connectivity index (χ0v) is 7.93. The van der Waals surface area contributed by atoms with Gasteiger partial charge in [-0.25, -0.2) is 4.98 Å². The maximum Gasteiger partial charge on any atom is 0.209 e. The first-order chi connectivity index (χ1) is 6.20. The predicted octanol–water partition coefficient (Wildman–Crippen LogP) is 2.25. The highest BCUT2D eigenvalue weighted by Crippen LogP contribution is 2.23. The summed E-state index contributed by atoms with van der Waals surface area (Å²) >= 11 is 5.93. The van der Waals surface area contributed by atoms with Gasteiger partial charge in [0, 0.05) is 5.02 Å². The molecule has 0 aliphatic rings. The molecular weight excluding hydrogens is 188 g/mol. The first-order valence-corrected chi connectivity index (χ1v) is 4.34. The van der Waals surface area contributed by atoms with Gasteiger partial charge < -0.3 is 10.2 Å². The number of nitrogens with zero attached hydrogens (tertiary/aromatic N) is 1. The van der Waals surface area contributed by atoms with Crippen molar-refractivity contribution in [2.45, 2.75) is 13.5 Å². The molecule has 0 bridgehead atoms. The fourth-order valence-corrected chi connectivity index (χ4v) is 1.34. The van der Waals surface area contributed by atoms with Crippen molar-refractivity contribution in [3.05, 3.63) is 28.6 Å². The molecule has 2 rings (SSSR count). The van der Waals surface area contributed by atoms with E-state index in [0.717, 1.165) is 16.7 Å². The third-order valence-corrected chi connectivity index (χ3v) is 2.29. The lowest BCUT2D eigenvalue weighted by atomic mass is 10.2. The molecular formula is C9H9ClN2O. The van der Waals surface area contributed by atoms with E-state index in [1.165, 1.54) is 0 Å². The van der Waals surface area contributed by atoms with Crippen LogP contribution in [-0.2, 0) is 6.54 Å². The summed E-state index contributed by atoms with van der Waals surface area (Å²) < 4.78 is 5.36. The highest BCUT2D eigenvalue weighted by atomic mass is 35.5. The Morgan fingerprint density at radius 3 is 3.00 bits per heavy atom. The van der Waals surface area contributed by atoms with Crippen molar-refractivity contribution >= 4 is 22.7 Å². The number of nitrogens with two attached hydrogens (primary N) is 1. The molecule has 3 nitrogen and oxygen atoms in total. The van der Waals surface area contributed by atoms with Gasteiger partial charge in [0.2, 0.25) is 5.89 Å². The predicted molar refractivity (Wildman–Crippen MR) is 51.6 cm³/mol. The Labute approximate surface area is 80.5 Å². The van der Waals surface area contributed by atoms with Crippen molar-refractivity contribution in [1.82, 2.24) is 4.98 Å². The summed E-state index contributed by atoms with van der Waals surface area (Å²) in [5.41, 5.74) is 7.88. The number of fused-ring (bicyclic) bond motifs is 1. The molecule has 0 unspecified atom stereocenters. The van der Waals surface area contributed by atoms with Crippen LogP contribution < -0.4 is 5.73 Å². The van der Waals surface area contributed by atoms with Crippen molar-refractivity contribution in [3.63, 3.8) is 0 Å². The average molecular weight is 197 g/mol. The second-order valence-corrected chi connectivity index (χ2v) is 3.29. The number of aromatic nitrogens is 1. The summed E-state index contributed by atoms with van der Waals surface area (Å²) in [5, 5.41) is 0.698. The Bertz CT molecular complexity index is 411. The SMILES string of the molecule is Cc1cc2oc(CN)nc2cc1Cl. The van der Waals surface area contributed by atoms with Gasteiger partial charge in [-0.15, -0.1) is 0 Å². The summed E-state index contributed by atoms with van der Waals surface area (Å²) in [7, 11) is 0. The summed E-state index contributed by atoms with van der Waals surface area (Å²) in [6, 6.07) is 3.65. The van der Waals surface area contributed by atoms with E-state index >= 15 is 0 Å². The quantitative estimate of drug-likeness (QED) is 0.761. The number of aryl methyl sites for hydroxylation is 1. The molecule has 1 aromatic heterocycles. The molecule has 0 atom stereocenters. The molecule has 0 aliphatic carbocycles. The van der Waals surface area contributed by atoms with Crippen molar-refractivity contribution in [2.24, 2.45) is 5.73 Å². The van der Waals surface area contributed by atoms with Crippen LogP contribution in [0.3, 0.4) is 0 Å². The molecule has 68 valence electrons. The number of oxazole rings is 1. The van der Waals surface area contributed by atoms with Gasteiger partial charge in [-0.05, 0) is 24.6 Å². The number of rotatable bonds is 1. The first kappa shape index (κ1) is 8.53. The van der Waals surface area contributed by atoms with Crippen molar-refractivity contribution < 1.29 is 4.42 Å². The van der Waals surface area contributed by atoms with Crippen LogP contribution in [0.15, 0.2) is 16.5 Å². The zero-order chi connectivity index (χ0) is 9.42. The number of hydrogen-bond acceptors (Lipinski definition) is 3. The van der Waals surface area contributed by atoms with E-state index in [9.17, 15) is 0 Å². The number of hydrogen-bond donors (Lipinski definition) is 1. The van der Waals surface area contributed by atoms with Gasteiger partial charge in [0.25, 0.3) is 0 Å². The lowest BCUT2D eigenvalue weighted by Crippen LogP contribution is -1.94. The third-order valence-electron chi connectivity index (χ3n) is 1.89. The molecule has 2 aromatic rings. The molecule has 1 heterocycles. The van der Waals surface area contributed by atoms with Crippen molar-refractivity contribution in [3.8, 4) is 0 Å². The third kappa shape index (κ3) is 1.41. The Balaban J connectivity index is 2.70. The fraction of sp³-hybridized carbons (Fsp3) is 0.222. The lowest BCUT2D eigenvalue weighted by molar-refractivity contribution is 0.533. The minimum Gasteiger partial charge on any atom is -0.439 e. The van der Waals surface area contributed by atoms with Gasteiger partial charge in [0.05, 0.1) is 6.54 Å². The van der Waals surface area contributed by atoms with Crippen molar-refractivity contribution in [1.29, 1.82) is 0 Å². The maximum atomic E-state index is 5.93. The molecule has 0 fully saturated rings. The maximum absolute atomic E-state index is 5.93. The van der Waals surface area contributed by atoms with E-state index in [1.54, 1.807) is 6.07 Å². The standard InChI is InChI=1S/C9H9ClN2O/c1-5-2-8-7(3-6(5)10)12-9(4-11)13-8/h2-3H,4,11H2,1H3. The Kier molecular flexibility index (Phi) is 1.98. The molecule has 0 spiro atoms. The Hall–Kier alpha value is -1.06. The minimum atomic E-state index is 0.311. The van der Waals surface area contributed by atoms with E-state index in [1.807, 2.05) is 13.0 Å². The van der Waals surface area contributed by atoms with Gasteiger partial charge >= 0.3 is 0 Å². The summed E-state index contributed by atoms with van der Waals surface area (Å²) in [6.45, 7) is 2.23. The van der Waals surface area contributed by atoms with Gasteiger partial charge in [-0.3, -0.25) is 0 Å². The van der Waals surface area contributed by atoms with Gasteiger partial charge in [0.1, 0.15) is 5.52 Å². The second-order valence-electron chi connectivity index (χ2n) is 2.88. The smallest absolute Gasteiger partial charge is 0.209 e. The molecule has 1 aromatic carbocycles. The summed E-state index contributed by atoms with van der Waals surface area (Å²) in [4.78, 5) is 4.16. The minimum absolute atomic E-state index is 0.311. The fourth-order valence-electron chi connectivity index (χ4n) is 1.19. The Morgan fingerprint density at radius 1 is 1.54 bits per heavy atom. The Morgan fingerprint density at radius 2 is 2.31 bits per heavy atom. The highest BCUT2D eigenvalue weighted by molar-refractivity contribution is 6.32. The van der Waals surface area contributed by atoms with Gasteiger partial charge in [0.15, 0.2) is 5.58 Å². The van der Waals surface area contributed by atoms with E-state index in [-0.39, 0.29) is 0 Å². The highest BCUT2D eigenvalue weighted by Gasteiger charge is 2.06. The second kappa shape index (κ2) is 3.01. The van der Waals surface area contributed by atoms with E-state index in [4.69, 9.17) is 21.8 Å². The van der Waals surface area contributed by atoms with E-state index in [0.29, 0.717) is 17.5 Å². The van der Waals surface area contributed by atoms with Gasteiger partial charge in [-0.2, -0.15) is 0 Å². The van der Waals surface area contributed by atoms with Crippen LogP contribution >= 0.6 is 11.6 Å². The molecule has 0 amide bonds. The van der Waals surface area contributed by atoms with Crippen LogP contribution in [0.1, 0.15) is 11.5 Å². The van der Waals surface area contributed by atoms with Crippen LogP contribution in [-0.4, -0.2) is 4.98 Å². The first-order valence-electron chi connectivity index (χ1n) is 3.96. The summed E-state index contributed by atoms with van der Waals surface area (Å²) in [6.07, 6.45) is 0. The van der Waals surface area contributed by atoms with Crippen LogP contribution in [0.4, 0.5) is 0 Å².